The molecule has 72 valence electrons. The zero-order valence-electron chi connectivity index (χ0n) is 7.58. The van der Waals surface area contributed by atoms with E-state index in [1.54, 1.807) is 12.5 Å². The van der Waals surface area contributed by atoms with Crippen molar-refractivity contribution in [2.45, 2.75) is 31.3 Å². The van der Waals surface area contributed by atoms with Crippen LogP contribution < -0.4 is 5.32 Å². The van der Waals surface area contributed by atoms with Crippen LogP contribution in [0.5, 0.6) is 0 Å². The summed E-state index contributed by atoms with van der Waals surface area (Å²) >= 11 is 0. The molecule has 1 fully saturated rings. The van der Waals surface area contributed by atoms with Gasteiger partial charge in [0.1, 0.15) is 0 Å². The Hall–Kier alpha value is -0.870. The summed E-state index contributed by atoms with van der Waals surface area (Å²) < 4.78 is 0. The second kappa shape index (κ2) is 3.47. The summed E-state index contributed by atoms with van der Waals surface area (Å²) in [6.07, 6.45) is 6.85. The van der Waals surface area contributed by atoms with Crippen LogP contribution in [-0.2, 0) is 6.54 Å². The Morgan fingerprint density at radius 3 is 2.92 bits per heavy atom. The number of aliphatic hydroxyl groups is 1. The third-order valence-electron chi connectivity index (χ3n) is 2.82. The first-order chi connectivity index (χ1) is 6.35. The molecule has 0 spiro atoms. The van der Waals surface area contributed by atoms with Gasteiger partial charge in [0.15, 0.2) is 0 Å². The Kier molecular flexibility index (Phi) is 2.33. The molecule has 0 aliphatic heterocycles. The molecule has 0 atom stereocenters. The molecule has 2 rings (SSSR count). The normalized spacial score (nSPS) is 19.8. The van der Waals surface area contributed by atoms with E-state index in [2.05, 4.69) is 15.3 Å². The maximum absolute atomic E-state index is 9.18. The molecule has 1 aromatic heterocycles. The number of hydrogen-bond acceptors (Lipinski definition) is 3. The van der Waals surface area contributed by atoms with Gasteiger partial charge in [-0.1, -0.05) is 0 Å². The quantitative estimate of drug-likeness (QED) is 0.630. The third-order valence-corrected chi connectivity index (χ3v) is 2.82. The zero-order valence-corrected chi connectivity index (χ0v) is 7.58. The van der Waals surface area contributed by atoms with Crippen LogP contribution in [0.4, 0.5) is 0 Å². The number of nitrogens with one attached hydrogen (secondary N) is 2. The monoisotopic (exact) mass is 181 g/mol. The third kappa shape index (κ3) is 1.73. The molecule has 0 aromatic carbocycles. The van der Waals surface area contributed by atoms with Crippen LogP contribution in [0.1, 0.15) is 25.0 Å². The minimum Gasteiger partial charge on any atom is -0.394 e. The summed E-state index contributed by atoms with van der Waals surface area (Å²) in [7, 11) is 0. The van der Waals surface area contributed by atoms with Crippen molar-refractivity contribution in [2.75, 3.05) is 6.61 Å². The highest BCUT2D eigenvalue weighted by Gasteiger charge is 2.35. The molecule has 1 aromatic rings. The van der Waals surface area contributed by atoms with E-state index < -0.39 is 0 Å². The Morgan fingerprint density at radius 1 is 1.62 bits per heavy atom. The Morgan fingerprint density at radius 2 is 2.46 bits per heavy atom. The van der Waals surface area contributed by atoms with Crippen molar-refractivity contribution < 1.29 is 5.11 Å². The number of aromatic amines is 1. The fraction of sp³-hybridized carbons (Fsp3) is 0.667. The lowest BCUT2D eigenvalue weighted by Crippen LogP contribution is -2.53. The molecule has 0 unspecified atom stereocenters. The lowest BCUT2D eigenvalue weighted by molar-refractivity contribution is 0.0869. The van der Waals surface area contributed by atoms with Crippen molar-refractivity contribution in [3.8, 4) is 0 Å². The fourth-order valence-electron chi connectivity index (χ4n) is 1.66. The molecule has 1 aliphatic rings. The van der Waals surface area contributed by atoms with Crippen molar-refractivity contribution in [3.63, 3.8) is 0 Å². The van der Waals surface area contributed by atoms with E-state index >= 15 is 0 Å². The van der Waals surface area contributed by atoms with Crippen molar-refractivity contribution in [3.05, 3.63) is 18.2 Å². The molecule has 4 heteroatoms. The number of aliphatic hydroxyl groups excluding tert-OH is 1. The van der Waals surface area contributed by atoms with Crippen LogP contribution in [-0.4, -0.2) is 27.2 Å². The predicted octanol–water partition coefficient (Wildman–Crippen LogP) is 0.414. The van der Waals surface area contributed by atoms with Crippen LogP contribution in [0.2, 0.25) is 0 Å². The minimum absolute atomic E-state index is 0.00882. The van der Waals surface area contributed by atoms with Gasteiger partial charge in [0.05, 0.1) is 12.9 Å². The summed E-state index contributed by atoms with van der Waals surface area (Å²) in [6.45, 7) is 1.00. The molecule has 0 bridgehead atoms. The van der Waals surface area contributed by atoms with Crippen molar-refractivity contribution in [1.29, 1.82) is 0 Å². The summed E-state index contributed by atoms with van der Waals surface area (Å²) in [5.74, 6) is 0. The topological polar surface area (TPSA) is 60.9 Å². The van der Waals surface area contributed by atoms with Crippen LogP contribution in [0.25, 0.3) is 0 Å². The lowest BCUT2D eigenvalue weighted by atomic mass is 9.77. The van der Waals surface area contributed by atoms with Gasteiger partial charge in [0, 0.05) is 24.0 Å². The van der Waals surface area contributed by atoms with E-state index in [1.165, 1.54) is 6.42 Å². The van der Waals surface area contributed by atoms with Gasteiger partial charge in [0.2, 0.25) is 0 Å². The minimum atomic E-state index is -0.00882. The Bertz CT molecular complexity index is 248. The molecule has 4 nitrogen and oxygen atoms in total. The van der Waals surface area contributed by atoms with Crippen molar-refractivity contribution in [2.24, 2.45) is 0 Å². The van der Waals surface area contributed by atoms with Gasteiger partial charge < -0.3 is 15.4 Å². The first kappa shape index (κ1) is 8.72. The lowest BCUT2D eigenvalue weighted by Gasteiger charge is -2.41. The fourth-order valence-corrected chi connectivity index (χ4v) is 1.66. The van der Waals surface area contributed by atoms with E-state index in [-0.39, 0.29) is 12.1 Å². The highest BCUT2D eigenvalue weighted by Crippen LogP contribution is 2.31. The summed E-state index contributed by atoms with van der Waals surface area (Å²) in [6, 6.07) is 0. The van der Waals surface area contributed by atoms with Crippen LogP contribution >= 0.6 is 0 Å². The predicted molar refractivity (Wildman–Crippen MR) is 49.1 cm³/mol. The maximum atomic E-state index is 9.18. The first-order valence-electron chi connectivity index (χ1n) is 4.68. The number of aromatic nitrogens is 2. The summed E-state index contributed by atoms with van der Waals surface area (Å²) in [5.41, 5.74) is 1.06. The van der Waals surface area contributed by atoms with Crippen molar-refractivity contribution >= 4 is 0 Å². The van der Waals surface area contributed by atoms with Crippen LogP contribution in [0.15, 0.2) is 12.5 Å². The highest BCUT2D eigenvalue weighted by molar-refractivity contribution is 5.00. The molecule has 13 heavy (non-hydrogen) atoms. The molecule has 1 heterocycles. The van der Waals surface area contributed by atoms with Gasteiger partial charge in [-0.2, -0.15) is 0 Å². The Balaban J connectivity index is 1.84. The number of rotatable bonds is 4. The molecule has 1 saturated carbocycles. The number of hydrogen-bond donors (Lipinski definition) is 3. The SMILES string of the molecule is OCC1(NCc2cnc[nH]2)CCC1. The van der Waals surface area contributed by atoms with Gasteiger partial charge >= 0.3 is 0 Å². The van der Waals surface area contributed by atoms with Crippen LogP contribution in [0.3, 0.4) is 0 Å². The standard InChI is InChI=1S/C9H15N3O/c13-6-9(2-1-3-9)12-5-8-4-10-7-11-8/h4,7,12-13H,1-3,5-6H2,(H,10,11). The van der Waals surface area contributed by atoms with E-state index in [1.807, 2.05) is 0 Å². The molecular formula is C9H15N3O. The van der Waals surface area contributed by atoms with E-state index in [0.29, 0.717) is 0 Å². The van der Waals surface area contributed by atoms with E-state index in [9.17, 15) is 5.11 Å². The average Bonchev–Trinajstić information content (AvgIpc) is 2.56. The zero-order chi connectivity index (χ0) is 9.15. The molecular weight excluding hydrogens is 166 g/mol. The molecule has 1 aliphatic carbocycles. The summed E-state index contributed by atoms with van der Waals surface area (Å²) in [4.78, 5) is 6.96. The van der Waals surface area contributed by atoms with Gasteiger partial charge in [-0.05, 0) is 19.3 Å². The van der Waals surface area contributed by atoms with Gasteiger partial charge in [-0.25, -0.2) is 4.98 Å². The molecule has 3 N–H and O–H groups in total. The number of imidazole rings is 1. The maximum Gasteiger partial charge on any atom is 0.0922 e. The van der Waals surface area contributed by atoms with Crippen LogP contribution in [0, 0.1) is 0 Å². The van der Waals surface area contributed by atoms with Gasteiger partial charge in [-0.3, -0.25) is 0 Å². The second-order valence-corrected chi connectivity index (χ2v) is 3.72. The second-order valence-electron chi connectivity index (χ2n) is 3.72. The number of H-pyrrole nitrogens is 1. The first-order valence-corrected chi connectivity index (χ1v) is 4.68. The Labute approximate surface area is 77.4 Å². The summed E-state index contributed by atoms with van der Waals surface area (Å²) in [5, 5.41) is 12.5. The molecule has 0 radical (unpaired) electrons. The molecule has 0 amide bonds. The number of nitrogens with zero attached hydrogens (tertiary/aromatic N) is 1. The van der Waals surface area contributed by atoms with Gasteiger partial charge in [-0.15, -0.1) is 0 Å². The van der Waals surface area contributed by atoms with Gasteiger partial charge in [0.25, 0.3) is 0 Å². The smallest absolute Gasteiger partial charge is 0.0922 e. The largest absolute Gasteiger partial charge is 0.394 e. The highest BCUT2D eigenvalue weighted by atomic mass is 16.3. The van der Waals surface area contributed by atoms with E-state index in [0.717, 1.165) is 25.1 Å². The van der Waals surface area contributed by atoms with E-state index in [4.69, 9.17) is 0 Å². The average molecular weight is 181 g/mol. The van der Waals surface area contributed by atoms with Crippen molar-refractivity contribution in [1.82, 2.24) is 15.3 Å². The molecule has 0 saturated heterocycles.